The lowest BCUT2D eigenvalue weighted by Gasteiger charge is -2.19. The Morgan fingerprint density at radius 2 is 1.33 bits per heavy atom. The molecule has 0 amide bonds. The molecule has 0 saturated carbocycles. The first-order valence-corrected chi connectivity index (χ1v) is 5.30. The van der Waals surface area contributed by atoms with Gasteiger partial charge in [0.15, 0.2) is 0 Å². The van der Waals surface area contributed by atoms with E-state index in [2.05, 4.69) is 13.2 Å². The van der Waals surface area contributed by atoms with Gasteiger partial charge in [-0.25, -0.2) is 0 Å². The van der Waals surface area contributed by atoms with Crippen molar-refractivity contribution in [1.29, 1.82) is 0 Å². The first-order chi connectivity index (χ1) is 7.02. The summed E-state index contributed by atoms with van der Waals surface area (Å²) < 4.78 is 5.47. The molecule has 2 N–H and O–H groups in total. The molecule has 0 rings (SSSR count). The molecule has 88 valence electrons. The zero-order valence-corrected chi connectivity index (χ0v) is 9.70. The molecule has 3 heteroatoms. The van der Waals surface area contributed by atoms with E-state index in [9.17, 15) is 0 Å². The molecule has 2 unspecified atom stereocenters. The number of hydrogen-bond donors (Lipinski definition) is 2. The third-order valence-electron chi connectivity index (χ3n) is 2.49. The summed E-state index contributed by atoms with van der Waals surface area (Å²) in [6.07, 6.45) is 1.28. The minimum absolute atomic E-state index is 0.119. The molecule has 0 bridgehead atoms. The van der Waals surface area contributed by atoms with Crippen LogP contribution in [0.3, 0.4) is 0 Å². The minimum Gasteiger partial charge on any atom is -0.467 e. The van der Waals surface area contributed by atoms with Crippen molar-refractivity contribution in [2.24, 2.45) is 11.8 Å². The van der Waals surface area contributed by atoms with E-state index in [0.717, 1.165) is 0 Å². The summed E-state index contributed by atoms with van der Waals surface area (Å²) in [5.74, 6) is 1.49. The van der Waals surface area contributed by atoms with Gasteiger partial charge in [0.1, 0.15) is 0 Å². The maximum Gasteiger partial charge on any atom is 0.0993 e. The highest BCUT2D eigenvalue weighted by molar-refractivity contribution is 4.99. The van der Waals surface area contributed by atoms with E-state index in [4.69, 9.17) is 14.9 Å². The van der Waals surface area contributed by atoms with Crippen molar-refractivity contribution in [3.8, 4) is 0 Å². The number of hydrogen-bond acceptors (Lipinski definition) is 3. The van der Waals surface area contributed by atoms with Crippen molar-refractivity contribution in [2.45, 2.75) is 26.7 Å². The lowest BCUT2D eigenvalue weighted by atomic mass is 10.1. The molecule has 0 saturated heterocycles. The van der Waals surface area contributed by atoms with E-state index in [1.165, 1.54) is 0 Å². The van der Waals surface area contributed by atoms with Crippen LogP contribution in [0.4, 0.5) is 0 Å². The molecule has 0 aliphatic heterocycles. The second kappa shape index (κ2) is 7.49. The van der Waals surface area contributed by atoms with Gasteiger partial charge in [0.2, 0.25) is 0 Å². The molecule has 3 nitrogen and oxygen atoms in total. The zero-order valence-electron chi connectivity index (χ0n) is 9.70. The second-order valence-electron chi connectivity index (χ2n) is 3.86. The zero-order chi connectivity index (χ0) is 11.8. The van der Waals surface area contributed by atoms with Crippen molar-refractivity contribution < 1.29 is 14.9 Å². The quantitative estimate of drug-likeness (QED) is 0.608. The molecule has 2 atom stereocenters. The Labute approximate surface area is 92.1 Å². The van der Waals surface area contributed by atoms with Crippen LogP contribution in [0.5, 0.6) is 0 Å². The average molecular weight is 214 g/mol. The van der Waals surface area contributed by atoms with Gasteiger partial charge in [-0.1, -0.05) is 27.0 Å². The smallest absolute Gasteiger partial charge is 0.0993 e. The van der Waals surface area contributed by atoms with E-state index < -0.39 is 0 Å². The van der Waals surface area contributed by atoms with Gasteiger partial charge in [0.05, 0.1) is 11.5 Å². The summed E-state index contributed by atoms with van der Waals surface area (Å²) in [5, 5.41) is 17.5. The Morgan fingerprint density at radius 3 is 1.60 bits per heavy atom. The summed E-state index contributed by atoms with van der Waals surface area (Å²) in [6.45, 7) is 11.7. The van der Waals surface area contributed by atoms with Crippen LogP contribution < -0.4 is 0 Å². The topological polar surface area (TPSA) is 49.7 Å². The molecular weight excluding hydrogens is 192 g/mol. The van der Waals surface area contributed by atoms with Gasteiger partial charge in [-0.15, -0.1) is 0 Å². The lowest BCUT2D eigenvalue weighted by Crippen LogP contribution is -2.09. The summed E-state index contributed by atoms with van der Waals surface area (Å²) in [4.78, 5) is 0. The van der Waals surface area contributed by atoms with Crippen LogP contribution in [0.2, 0.25) is 0 Å². The largest absolute Gasteiger partial charge is 0.467 e. The predicted octanol–water partition coefficient (Wildman–Crippen LogP) is 2.07. The van der Waals surface area contributed by atoms with Gasteiger partial charge < -0.3 is 14.9 Å². The van der Waals surface area contributed by atoms with Crippen molar-refractivity contribution in [2.75, 3.05) is 13.2 Å². The first kappa shape index (κ1) is 14.2. The van der Waals surface area contributed by atoms with Crippen molar-refractivity contribution in [3.63, 3.8) is 0 Å². The van der Waals surface area contributed by atoms with Crippen LogP contribution in [-0.2, 0) is 4.74 Å². The van der Waals surface area contributed by atoms with E-state index >= 15 is 0 Å². The molecule has 0 aromatic carbocycles. The van der Waals surface area contributed by atoms with Gasteiger partial charge in [0, 0.05) is 25.0 Å². The SMILES string of the molecule is C=C(OC(=C)C(C)CCO)C(C)CCO. The number of aliphatic hydroxyl groups excluding tert-OH is 2. The number of aliphatic hydroxyl groups is 2. The highest BCUT2D eigenvalue weighted by Gasteiger charge is 2.12. The third-order valence-corrected chi connectivity index (χ3v) is 2.49. The highest BCUT2D eigenvalue weighted by atomic mass is 16.5. The fourth-order valence-electron chi connectivity index (χ4n) is 1.08. The van der Waals surface area contributed by atoms with Crippen LogP contribution in [0.1, 0.15) is 26.7 Å². The average Bonchev–Trinajstić information content (AvgIpc) is 2.18. The lowest BCUT2D eigenvalue weighted by molar-refractivity contribution is 0.187. The fourth-order valence-corrected chi connectivity index (χ4v) is 1.08. The van der Waals surface area contributed by atoms with Gasteiger partial charge >= 0.3 is 0 Å². The predicted molar refractivity (Wildman–Crippen MR) is 61.1 cm³/mol. The molecule has 0 radical (unpaired) electrons. The number of rotatable bonds is 8. The third kappa shape index (κ3) is 5.60. The Kier molecular flexibility index (Phi) is 7.09. The Bertz CT molecular complexity index is 189. The van der Waals surface area contributed by atoms with Crippen LogP contribution in [0, 0.1) is 11.8 Å². The molecule has 0 heterocycles. The first-order valence-electron chi connectivity index (χ1n) is 5.30. The van der Waals surface area contributed by atoms with Crippen molar-refractivity contribution in [1.82, 2.24) is 0 Å². The summed E-state index contributed by atoms with van der Waals surface area (Å²) in [6, 6.07) is 0. The standard InChI is InChI=1S/C12H22O3/c1-9(5-7-13)11(3)15-12(4)10(2)6-8-14/h9-10,13-14H,3-8H2,1-2H3. The van der Waals surface area contributed by atoms with Crippen LogP contribution in [0.25, 0.3) is 0 Å². The molecule has 0 aliphatic rings. The molecule has 0 aliphatic carbocycles. The van der Waals surface area contributed by atoms with Gasteiger partial charge in [0.25, 0.3) is 0 Å². The van der Waals surface area contributed by atoms with Crippen LogP contribution >= 0.6 is 0 Å². The van der Waals surface area contributed by atoms with Crippen molar-refractivity contribution >= 4 is 0 Å². The maximum atomic E-state index is 8.76. The van der Waals surface area contributed by atoms with Crippen LogP contribution in [0.15, 0.2) is 24.7 Å². The second-order valence-corrected chi connectivity index (χ2v) is 3.86. The summed E-state index contributed by atoms with van der Waals surface area (Å²) >= 11 is 0. The Hall–Kier alpha value is -0.800. The molecule has 0 aromatic rings. The van der Waals surface area contributed by atoms with Gasteiger partial charge in [-0.2, -0.15) is 0 Å². The van der Waals surface area contributed by atoms with Crippen molar-refractivity contribution in [3.05, 3.63) is 24.7 Å². The Morgan fingerprint density at radius 1 is 1.00 bits per heavy atom. The molecular formula is C12H22O3. The summed E-state index contributed by atoms with van der Waals surface area (Å²) in [7, 11) is 0. The fraction of sp³-hybridized carbons (Fsp3) is 0.667. The Balaban J connectivity index is 4.00. The van der Waals surface area contributed by atoms with Crippen LogP contribution in [-0.4, -0.2) is 23.4 Å². The normalized spacial score (nSPS) is 14.4. The minimum atomic E-state index is 0.119. The summed E-state index contributed by atoms with van der Waals surface area (Å²) in [5.41, 5.74) is 0. The highest BCUT2D eigenvalue weighted by Crippen LogP contribution is 2.21. The van der Waals surface area contributed by atoms with E-state index in [1.54, 1.807) is 0 Å². The molecule has 0 fully saturated rings. The molecule has 0 aromatic heterocycles. The van der Waals surface area contributed by atoms with Gasteiger partial charge in [-0.05, 0) is 12.8 Å². The monoisotopic (exact) mass is 214 g/mol. The number of ether oxygens (including phenoxy) is 1. The maximum absolute atomic E-state index is 8.76. The molecule has 0 spiro atoms. The van der Waals surface area contributed by atoms with E-state index in [0.29, 0.717) is 24.4 Å². The van der Waals surface area contributed by atoms with E-state index in [-0.39, 0.29) is 25.0 Å². The number of allylic oxidation sites excluding steroid dienone is 2. The van der Waals surface area contributed by atoms with Gasteiger partial charge in [-0.3, -0.25) is 0 Å². The molecule has 15 heavy (non-hydrogen) atoms. The van der Waals surface area contributed by atoms with E-state index in [1.807, 2.05) is 13.8 Å².